The summed E-state index contributed by atoms with van der Waals surface area (Å²) in [5, 5.41) is 19.2. The van der Waals surface area contributed by atoms with Crippen molar-refractivity contribution in [1.82, 2.24) is 20.6 Å². The van der Waals surface area contributed by atoms with Gasteiger partial charge in [0.05, 0.1) is 46.1 Å². The van der Waals surface area contributed by atoms with Crippen LogP contribution in [0.5, 0.6) is 0 Å². The van der Waals surface area contributed by atoms with E-state index < -0.39 is 29.1 Å². The third kappa shape index (κ3) is 5.52. The number of carbonyl (C=O) groups excluding carboxylic acids is 2. The zero-order chi connectivity index (χ0) is 27.4. The average Bonchev–Trinajstić information content (AvgIpc) is 3.38. The number of nitrogens with one attached hydrogen (secondary N) is 3. The molecule has 1 aromatic heterocycles. The van der Waals surface area contributed by atoms with Gasteiger partial charge >= 0.3 is 0 Å². The normalized spacial score (nSPS) is 17.3. The molecule has 2 aliphatic heterocycles. The number of hydrogen-bond acceptors (Lipinski definition) is 10. The number of amidine groups is 1. The third-order valence-electron chi connectivity index (χ3n) is 5.84. The SMILES string of the molecule is CNC(=O)c1cc(C#N)cc(C)c1NC(=O)C1=CC=C(OS(=O)[O-])N(C2=NNCC2c2ncccc2Cl)C1. The summed E-state index contributed by atoms with van der Waals surface area (Å²) in [5.74, 6) is -1.21. The van der Waals surface area contributed by atoms with Crippen LogP contribution in [-0.4, -0.2) is 56.4 Å². The molecular weight excluding hydrogens is 534 g/mol. The molecule has 0 fully saturated rings. The molecule has 0 aliphatic carbocycles. The number of pyridine rings is 1. The van der Waals surface area contributed by atoms with Crippen molar-refractivity contribution in [2.45, 2.75) is 12.8 Å². The number of amides is 2. The van der Waals surface area contributed by atoms with E-state index in [0.717, 1.165) is 0 Å². The molecule has 14 heteroatoms. The first kappa shape index (κ1) is 26.8. The van der Waals surface area contributed by atoms with Crippen molar-refractivity contribution in [1.29, 1.82) is 5.26 Å². The van der Waals surface area contributed by atoms with E-state index in [1.807, 2.05) is 6.07 Å². The standard InChI is InChI=1S/C24H22ClN7O5S/c1-13-8-14(10-26)9-16(24(34)27-2)20(13)30-23(33)15-5-6-19(37-38(35)36)32(12-15)22-17(11-29-31-22)21-18(25)4-3-7-28-21/h3-9,17,29H,11-12H2,1-2H3,(H,27,34)(H,30,33)(H,35,36)/p-1. The number of nitrogens with zero attached hydrogens (tertiary/aromatic N) is 4. The lowest BCUT2D eigenvalue weighted by molar-refractivity contribution is -0.113. The van der Waals surface area contributed by atoms with Gasteiger partial charge in [0, 0.05) is 31.4 Å². The van der Waals surface area contributed by atoms with Crippen LogP contribution in [-0.2, 0) is 20.3 Å². The molecule has 2 aliphatic rings. The second-order valence-corrected chi connectivity index (χ2v) is 9.17. The maximum absolute atomic E-state index is 13.3. The minimum absolute atomic E-state index is 0.0741. The quantitative estimate of drug-likeness (QED) is 0.450. The highest BCUT2D eigenvalue weighted by atomic mass is 35.5. The fourth-order valence-corrected chi connectivity index (χ4v) is 4.62. The summed E-state index contributed by atoms with van der Waals surface area (Å²) in [7, 11) is 1.44. The molecule has 12 nitrogen and oxygen atoms in total. The molecule has 1 aromatic carbocycles. The Hall–Kier alpha value is -4.25. The number of allylic oxidation sites excluding steroid dienone is 2. The Morgan fingerprint density at radius 3 is 2.82 bits per heavy atom. The van der Waals surface area contributed by atoms with Crippen LogP contribution in [0.2, 0.25) is 5.02 Å². The number of aryl methyl sites for hydroxylation is 1. The summed E-state index contributed by atoms with van der Waals surface area (Å²) in [5.41, 5.74) is 4.76. The average molecular weight is 555 g/mol. The Morgan fingerprint density at radius 2 is 2.13 bits per heavy atom. The zero-order valence-corrected chi connectivity index (χ0v) is 21.7. The summed E-state index contributed by atoms with van der Waals surface area (Å²) in [6, 6.07) is 8.30. The maximum atomic E-state index is 13.3. The number of hydrogen-bond donors (Lipinski definition) is 3. The molecule has 38 heavy (non-hydrogen) atoms. The highest BCUT2D eigenvalue weighted by Crippen LogP contribution is 2.31. The fraction of sp³-hybridized carbons (Fsp3) is 0.208. The lowest BCUT2D eigenvalue weighted by Gasteiger charge is -2.31. The Balaban J connectivity index is 1.66. The topological polar surface area (TPSA) is 172 Å². The predicted octanol–water partition coefficient (Wildman–Crippen LogP) is 1.81. The third-order valence-corrected chi connectivity index (χ3v) is 6.46. The maximum Gasteiger partial charge on any atom is 0.253 e. The lowest BCUT2D eigenvalue weighted by atomic mass is 10.0. The van der Waals surface area contributed by atoms with Crippen LogP contribution >= 0.6 is 11.6 Å². The van der Waals surface area contributed by atoms with Crippen molar-refractivity contribution >= 4 is 46.3 Å². The van der Waals surface area contributed by atoms with Crippen molar-refractivity contribution in [3.63, 3.8) is 0 Å². The van der Waals surface area contributed by atoms with E-state index >= 15 is 0 Å². The first-order valence-electron chi connectivity index (χ1n) is 11.2. The molecule has 0 radical (unpaired) electrons. The lowest BCUT2D eigenvalue weighted by Crippen LogP contribution is -2.40. The smallest absolute Gasteiger partial charge is 0.253 e. The van der Waals surface area contributed by atoms with E-state index in [4.69, 9.17) is 15.8 Å². The second-order valence-electron chi connectivity index (χ2n) is 8.19. The molecule has 196 valence electrons. The van der Waals surface area contributed by atoms with Crippen LogP contribution in [0.15, 0.2) is 59.2 Å². The van der Waals surface area contributed by atoms with Gasteiger partial charge in [0.15, 0.2) is 0 Å². The van der Waals surface area contributed by atoms with Gasteiger partial charge < -0.3 is 24.8 Å². The number of benzene rings is 1. The van der Waals surface area contributed by atoms with Crippen molar-refractivity contribution in [3.05, 3.63) is 81.5 Å². The van der Waals surface area contributed by atoms with Gasteiger partial charge in [-0.05, 0) is 42.8 Å². The fourth-order valence-electron chi connectivity index (χ4n) is 4.08. The summed E-state index contributed by atoms with van der Waals surface area (Å²) < 4.78 is 27.7. The molecule has 0 spiro atoms. The van der Waals surface area contributed by atoms with Crippen LogP contribution in [0.25, 0.3) is 0 Å². The number of hydrazone groups is 1. The number of aromatic nitrogens is 1. The largest absolute Gasteiger partial charge is 0.740 e. The zero-order valence-electron chi connectivity index (χ0n) is 20.1. The number of carbonyl (C=O) groups is 2. The van der Waals surface area contributed by atoms with E-state index in [1.54, 1.807) is 31.3 Å². The number of rotatable bonds is 6. The minimum Gasteiger partial charge on any atom is -0.740 e. The first-order valence-corrected chi connectivity index (χ1v) is 12.6. The van der Waals surface area contributed by atoms with Gasteiger partial charge in [-0.25, -0.2) is 4.21 Å². The van der Waals surface area contributed by atoms with Crippen LogP contribution in [0.1, 0.15) is 33.1 Å². The van der Waals surface area contributed by atoms with Gasteiger partial charge in [-0.15, -0.1) is 0 Å². The highest BCUT2D eigenvalue weighted by Gasteiger charge is 2.35. The van der Waals surface area contributed by atoms with Crippen molar-refractivity contribution in [2.75, 3.05) is 25.5 Å². The Bertz CT molecular complexity index is 1470. The van der Waals surface area contributed by atoms with E-state index in [2.05, 4.69) is 26.1 Å². The molecule has 3 heterocycles. The monoisotopic (exact) mass is 554 g/mol. The van der Waals surface area contributed by atoms with Crippen LogP contribution < -0.4 is 16.1 Å². The van der Waals surface area contributed by atoms with E-state index in [1.165, 1.54) is 30.2 Å². The Kier molecular flexibility index (Phi) is 8.06. The Labute approximate surface area is 225 Å². The van der Waals surface area contributed by atoms with E-state index in [-0.39, 0.29) is 34.8 Å². The van der Waals surface area contributed by atoms with Gasteiger partial charge in [0.1, 0.15) is 17.2 Å². The van der Waals surface area contributed by atoms with Crippen LogP contribution in [0.3, 0.4) is 0 Å². The summed E-state index contributed by atoms with van der Waals surface area (Å²) >= 11 is 3.46. The minimum atomic E-state index is -2.89. The molecule has 2 aromatic rings. The predicted molar refractivity (Wildman–Crippen MR) is 138 cm³/mol. The van der Waals surface area contributed by atoms with Crippen LogP contribution in [0.4, 0.5) is 5.69 Å². The van der Waals surface area contributed by atoms with E-state index in [0.29, 0.717) is 28.7 Å². The van der Waals surface area contributed by atoms with Gasteiger partial charge in [0.25, 0.3) is 11.8 Å². The van der Waals surface area contributed by atoms with Crippen LogP contribution in [0, 0.1) is 18.3 Å². The highest BCUT2D eigenvalue weighted by molar-refractivity contribution is 7.74. The molecule has 2 atom stereocenters. The molecule has 3 N–H and O–H groups in total. The molecule has 2 amide bonds. The molecule has 0 bridgehead atoms. The summed E-state index contributed by atoms with van der Waals surface area (Å²) in [6.45, 7) is 1.89. The number of halogens is 1. The molecule has 2 unspecified atom stereocenters. The van der Waals surface area contributed by atoms with E-state index in [9.17, 15) is 23.6 Å². The van der Waals surface area contributed by atoms with Gasteiger partial charge in [-0.2, -0.15) is 10.4 Å². The summed E-state index contributed by atoms with van der Waals surface area (Å²) in [6.07, 6.45) is 4.33. The van der Waals surface area contributed by atoms with Gasteiger partial charge in [-0.1, -0.05) is 11.6 Å². The molecule has 0 saturated carbocycles. The Morgan fingerprint density at radius 1 is 1.34 bits per heavy atom. The molecular formula is C24H21ClN7O5S-. The van der Waals surface area contributed by atoms with Gasteiger partial charge in [0.2, 0.25) is 5.88 Å². The summed E-state index contributed by atoms with van der Waals surface area (Å²) in [4.78, 5) is 31.6. The molecule has 4 rings (SSSR count). The van der Waals surface area contributed by atoms with Gasteiger partial charge in [-0.3, -0.25) is 19.5 Å². The van der Waals surface area contributed by atoms with Crippen molar-refractivity contribution in [3.8, 4) is 6.07 Å². The molecule has 0 saturated heterocycles. The number of anilines is 1. The van der Waals surface area contributed by atoms with Crippen molar-refractivity contribution < 1.29 is 22.5 Å². The number of nitriles is 1. The first-order chi connectivity index (χ1) is 18.2. The van der Waals surface area contributed by atoms with Crippen molar-refractivity contribution in [2.24, 2.45) is 5.10 Å². The second kappa shape index (κ2) is 11.4.